The van der Waals surface area contributed by atoms with Crippen molar-refractivity contribution < 1.29 is 4.42 Å². The van der Waals surface area contributed by atoms with E-state index in [1.54, 1.807) is 0 Å². The number of rotatable bonds is 6. The zero-order chi connectivity index (χ0) is 44.1. The van der Waals surface area contributed by atoms with Crippen LogP contribution in [-0.4, -0.2) is 0 Å². The number of furan rings is 1. The number of para-hydroxylation sites is 3. The number of hydrogen-bond acceptors (Lipinski definition) is 4. The number of anilines is 6. The van der Waals surface area contributed by atoms with Gasteiger partial charge in [-0.1, -0.05) is 188 Å². The van der Waals surface area contributed by atoms with Gasteiger partial charge in [-0.25, -0.2) is 0 Å². The third-order valence-electron chi connectivity index (χ3n) is 14.0. The average molecular weight is 873 g/mol. The lowest BCUT2D eigenvalue weighted by atomic mass is 9.67. The Bertz CT molecular complexity index is 3830. The molecule has 314 valence electrons. The normalized spacial score (nSPS) is 13.1. The number of nitrogens with zero attached hydrogens (tertiary/aromatic N) is 2. The summed E-state index contributed by atoms with van der Waals surface area (Å²) in [5.74, 6) is 0. The van der Waals surface area contributed by atoms with E-state index in [1.807, 2.05) is 11.8 Å². The second-order valence-electron chi connectivity index (χ2n) is 17.5. The van der Waals surface area contributed by atoms with Gasteiger partial charge in [0.05, 0.1) is 16.8 Å². The van der Waals surface area contributed by atoms with Crippen LogP contribution in [0.2, 0.25) is 0 Å². The molecule has 0 N–H and O–H groups in total. The predicted molar refractivity (Wildman–Crippen MR) is 280 cm³/mol. The Morgan fingerprint density at radius 2 is 0.851 bits per heavy atom. The first-order chi connectivity index (χ1) is 33.3. The Morgan fingerprint density at radius 3 is 1.51 bits per heavy atom. The van der Waals surface area contributed by atoms with Crippen molar-refractivity contribution in [3.8, 4) is 11.1 Å². The molecule has 1 aliphatic heterocycles. The van der Waals surface area contributed by atoms with Crippen molar-refractivity contribution in [2.75, 3.05) is 9.80 Å². The summed E-state index contributed by atoms with van der Waals surface area (Å²) in [7, 11) is 0. The predicted octanol–water partition coefficient (Wildman–Crippen LogP) is 17.7. The number of benzene rings is 11. The molecule has 11 aromatic carbocycles. The van der Waals surface area contributed by atoms with Gasteiger partial charge in [0, 0.05) is 54.8 Å². The standard InChI is InChI=1S/C63H40N2OS/c1-4-21-42(22-5-1)64(43-23-6-2-7-24-43)56-38-41-20-10-11-27-46(41)61-60-50-31-13-12-30-49(50)55(40-57(60)66-62(56)61)65(44-25-8-3-9-26-44)45-36-37-54-59(39-45)67-58-35-19-18-34-53(58)63(54)51-32-16-14-28-47(51)48-29-15-17-33-52(48)63/h1-40H. The smallest absolute Gasteiger partial charge is 0.160 e. The first-order valence-electron chi connectivity index (χ1n) is 22.9. The third-order valence-corrected chi connectivity index (χ3v) is 15.2. The summed E-state index contributed by atoms with van der Waals surface area (Å²) in [6, 6.07) is 88.4. The summed E-state index contributed by atoms with van der Waals surface area (Å²) in [6.45, 7) is 0. The largest absolute Gasteiger partial charge is 0.454 e. The molecule has 1 aromatic heterocycles. The van der Waals surface area contributed by atoms with Crippen LogP contribution in [0.15, 0.2) is 257 Å². The molecule has 12 aromatic rings. The van der Waals surface area contributed by atoms with E-state index < -0.39 is 5.41 Å². The lowest BCUT2D eigenvalue weighted by molar-refractivity contribution is 0.669. The molecular weight excluding hydrogens is 833 g/mol. The third kappa shape index (κ3) is 5.54. The first kappa shape index (κ1) is 38.0. The van der Waals surface area contributed by atoms with Crippen molar-refractivity contribution in [1.29, 1.82) is 0 Å². The Hall–Kier alpha value is -8.31. The monoisotopic (exact) mass is 872 g/mol. The maximum Gasteiger partial charge on any atom is 0.160 e. The van der Waals surface area contributed by atoms with Crippen molar-refractivity contribution in [3.63, 3.8) is 0 Å². The SMILES string of the molecule is c1ccc(N(c2ccc3c(c2)Sc2ccccc2C32c3ccccc3-c3ccccc32)c2cc3oc4c(N(c5ccccc5)c5ccccc5)cc5ccccc5c4c3c3ccccc23)cc1. The summed E-state index contributed by atoms with van der Waals surface area (Å²) < 4.78 is 7.37. The Labute approximate surface area is 392 Å². The highest BCUT2D eigenvalue weighted by atomic mass is 32.2. The van der Waals surface area contributed by atoms with Crippen molar-refractivity contribution >= 4 is 89.4 Å². The van der Waals surface area contributed by atoms with E-state index in [0.717, 1.165) is 77.6 Å². The molecule has 0 radical (unpaired) electrons. The van der Waals surface area contributed by atoms with E-state index in [4.69, 9.17) is 4.42 Å². The molecule has 3 nitrogen and oxygen atoms in total. The second kappa shape index (κ2) is 14.9. The molecule has 0 atom stereocenters. The zero-order valence-corrected chi connectivity index (χ0v) is 37.1. The Morgan fingerprint density at radius 1 is 0.343 bits per heavy atom. The molecule has 0 saturated heterocycles. The fourth-order valence-electron chi connectivity index (χ4n) is 11.4. The van der Waals surface area contributed by atoms with E-state index in [-0.39, 0.29) is 0 Å². The van der Waals surface area contributed by atoms with Crippen molar-refractivity contribution in [3.05, 3.63) is 265 Å². The molecule has 0 saturated carbocycles. The van der Waals surface area contributed by atoms with Crippen LogP contribution in [0.25, 0.3) is 54.6 Å². The topological polar surface area (TPSA) is 19.6 Å². The molecule has 2 heterocycles. The molecule has 67 heavy (non-hydrogen) atoms. The number of hydrogen-bond donors (Lipinski definition) is 0. The number of fused-ring (bicyclic) bond motifs is 16. The maximum absolute atomic E-state index is 7.37. The van der Waals surface area contributed by atoms with Crippen LogP contribution in [0.3, 0.4) is 0 Å². The van der Waals surface area contributed by atoms with Crippen molar-refractivity contribution in [2.24, 2.45) is 0 Å². The molecule has 0 amide bonds. The Balaban J connectivity index is 1.03. The molecule has 1 aliphatic carbocycles. The fourth-order valence-corrected chi connectivity index (χ4v) is 12.6. The van der Waals surface area contributed by atoms with Gasteiger partial charge in [0.25, 0.3) is 0 Å². The van der Waals surface area contributed by atoms with Crippen LogP contribution in [0, 0.1) is 0 Å². The van der Waals surface area contributed by atoms with Crippen LogP contribution >= 0.6 is 11.8 Å². The van der Waals surface area contributed by atoms with Gasteiger partial charge in [-0.2, -0.15) is 0 Å². The molecule has 4 heteroatoms. The molecule has 14 rings (SSSR count). The molecule has 0 fully saturated rings. The fraction of sp³-hybridized carbons (Fsp3) is 0.0159. The minimum Gasteiger partial charge on any atom is -0.454 e. The van der Waals surface area contributed by atoms with Gasteiger partial charge in [0.15, 0.2) is 5.58 Å². The zero-order valence-electron chi connectivity index (χ0n) is 36.3. The van der Waals surface area contributed by atoms with Gasteiger partial charge in [0.2, 0.25) is 0 Å². The molecule has 1 spiro atoms. The highest BCUT2D eigenvalue weighted by molar-refractivity contribution is 7.99. The highest BCUT2D eigenvalue weighted by Gasteiger charge is 2.50. The van der Waals surface area contributed by atoms with Crippen LogP contribution in [0.1, 0.15) is 22.3 Å². The van der Waals surface area contributed by atoms with Crippen LogP contribution < -0.4 is 9.80 Å². The quantitative estimate of drug-likeness (QED) is 0.166. The minimum atomic E-state index is -0.450. The molecular formula is C63H40N2OS. The summed E-state index contributed by atoms with van der Waals surface area (Å²) >= 11 is 1.88. The van der Waals surface area contributed by atoms with Gasteiger partial charge in [-0.3, -0.25) is 0 Å². The van der Waals surface area contributed by atoms with Gasteiger partial charge < -0.3 is 14.2 Å². The van der Waals surface area contributed by atoms with Crippen molar-refractivity contribution in [2.45, 2.75) is 15.2 Å². The summed E-state index contributed by atoms with van der Waals surface area (Å²) in [4.78, 5) is 7.28. The summed E-state index contributed by atoms with van der Waals surface area (Å²) in [5.41, 5.74) is 15.5. The summed E-state index contributed by atoms with van der Waals surface area (Å²) in [5, 5.41) is 6.82. The second-order valence-corrected chi connectivity index (χ2v) is 18.6. The lowest BCUT2D eigenvalue weighted by Crippen LogP contribution is -2.32. The van der Waals surface area contributed by atoms with Gasteiger partial charge in [0.1, 0.15) is 5.58 Å². The molecule has 0 unspecified atom stereocenters. The van der Waals surface area contributed by atoms with Crippen LogP contribution in [0.4, 0.5) is 34.1 Å². The van der Waals surface area contributed by atoms with E-state index in [0.29, 0.717) is 0 Å². The van der Waals surface area contributed by atoms with Gasteiger partial charge in [-0.05, 0) is 110 Å². The average Bonchev–Trinajstić information content (AvgIpc) is 3.93. The minimum absolute atomic E-state index is 0.450. The van der Waals surface area contributed by atoms with Gasteiger partial charge in [-0.15, -0.1) is 0 Å². The summed E-state index contributed by atoms with van der Waals surface area (Å²) in [6.07, 6.45) is 0. The van der Waals surface area contributed by atoms with Crippen LogP contribution in [-0.2, 0) is 5.41 Å². The van der Waals surface area contributed by atoms with Crippen molar-refractivity contribution in [1.82, 2.24) is 0 Å². The van der Waals surface area contributed by atoms with E-state index in [9.17, 15) is 0 Å². The molecule has 2 aliphatic rings. The highest BCUT2D eigenvalue weighted by Crippen LogP contribution is 2.63. The van der Waals surface area contributed by atoms with E-state index in [1.165, 1.54) is 43.2 Å². The van der Waals surface area contributed by atoms with E-state index in [2.05, 4.69) is 252 Å². The lowest BCUT2D eigenvalue weighted by Gasteiger charge is -2.40. The van der Waals surface area contributed by atoms with Crippen LogP contribution in [0.5, 0.6) is 0 Å². The Kier molecular flexibility index (Phi) is 8.43. The van der Waals surface area contributed by atoms with E-state index >= 15 is 0 Å². The first-order valence-corrected chi connectivity index (χ1v) is 23.7. The molecule has 0 bridgehead atoms. The van der Waals surface area contributed by atoms with Gasteiger partial charge >= 0.3 is 0 Å². The maximum atomic E-state index is 7.37.